The van der Waals surface area contributed by atoms with Gasteiger partial charge in [-0.15, -0.1) is 5.10 Å². The molecule has 0 N–H and O–H groups in total. The predicted octanol–water partition coefficient (Wildman–Crippen LogP) is 4.66. The monoisotopic (exact) mass is 476 g/mol. The highest BCUT2D eigenvalue weighted by molar-refractivity contribution is 7.98. The first-order valence-corrected chi connectivity index (χ1v) is 12.8. The zero-order valence-corrected chi connectivity index (χ0v) is 19.3. The van der Waals surface area contributed by atoms with E-state index in [9.17, 15) is 4.79 Å². The van der Waals surface area contributed by atoms with E-state index in [1.165, 1.54) is 4.68 Å². The molecule has 5 heterocycles. The normalized spacial score (nSPS) is 13.8. The van der Waals surface area contributed by atoms with Gasteiger partial charge >= 0.3 is 0 Å². The van der Waals surface area contributed by atoms with Gasteiger partial charge in [-0.05, 0) is 42.8 Å². The Kier molecular flexibility index (Phi) is 5.31. The highest BCUT2D eigenvalue weighted by Crippen LogP contribution is 2.31. The molecule has 0 amide bonds. The van der Waals surface area contributed by atoms with Crippen LogP contribution in [0.15, 0.2) is 61.6 Å². The Hall–Kier alpha value is -3.24. The lowest BCUT2D eigenvalue weighted by Gasteiger charge is -2.17. The SMILES string of the molecule is O=c1c2c3n(c(SCc4noc(-c5ccsc5)n4)nc-2nn1-c1ccccc1)CCCCC3. The smallest absolute Gasteiger partial charge is 0.284 e. The molecule has 0 saturated heterocycles. The summed E-state index contributed by atoms with van der Waals surface area (Å²) in [5, 5.41) is 13.5. The van der Waals surface area contributed by atoms with Gasteiger partial charge in [0.1, 0.15) is 5.56 Å². The Morgan fingerprint density at radius 2 is 2.00 bits per heavy atom. The maximum absolute atomic E-state index is 13.3. The Labute approximate surface area is 197 Å². The van der Waals surface area contributed by atoms with Crippen LogP contribution in [0.2, 0.25) is 0 Å². The van der Waals surface area contributed by atoms with Gasteiger partial charge in [-0.25, -0.2) is 4.98 Å². The fourth-order valence-electron chi connectivity index (χ4n) is 4.15. The van der Waals surface area contributed by atoms with Crippen molar-refractivity contribution in [2.75, 3.05) is 0 Å². The topological polar surface area (TPSA) is 91.6 Å². The van der Waals surface area contributed by atoms with Gasteiger partial charge in [-0.1, -0.05) is 41.5 Å². The minimum absolute atomic E-state index is 0.107. The van der Waals surface area contributed by atoms with Crippen molar-refractivity contribution in [2.45, 2.75) is 43.1 Å². The molecule has 33 heavy (non-hydrogen) atoms. The number of fused-ring (bicyclic) bond motifs is 3. The molecule has 0 fully saturated rings. The molecule has 0 atom stereocenters. The number of para-hydroxylation sites is 1. The number of benzene rings is 1. The molecule has 0 spiro atoms. The summed E-state index contributed by atoms with van der Waals surface area (Å²) >= 11 is 3.15. The molecule has 10 heteroatoms. The molecule has 1 aromatic carbocycles. The molecule has 0 unspecified atom stereocenters. The number of rotatable bonds is 5. The average molecular weight is 477 g/mol. The van der Waals surface area contributed by atoms with Crippen molar-refractivity contribution in [3.8, 4) is 28.5 Å². The highest BCUT2D eigenvalue weighted by atomic mass is 32.2. The summed E-state index contributed by atoms with van der Waals surface area (Å²) in [6.45, 7) is 0.836. The van der Waals surface area contributed by atoms with Crippen molar-refractivity contribution >= 4 is 23.1 Å². The first-order chi connectivity index (χ1) is 16.3. The van der Waals surface area contributed by atoms with Crippen LogP contribution in [0.4, 0.5) is 0 Å². The average Bonchev–Trinajstić information content (AvgIpc) is 3.56. The Balaban J connectivity index is 1.38. The molecule has 0 saturated carbocycles. The Bertz CT molecular complexity index is 1420. The second-order valence-electron chi connectivity index (χ2n) is 7.87. The molecule has 6 rings (SSSR count). The minimum Gasteiger partial charge on any atom is -0.334 e. The molecule has 0 aliphatic carbocycles. The summed E-state index contributed by atoms with van der Waals surface area (Å²) in [6, 6.07) is 11.5. The van der Waals surface area contributed by atoms with E-state index in [4.69, 9.17) is 9.51 Å². The fourth-order valence-corrected chi connectivity index (χ4v) is 5.67. The summed E-state index contributed by atoms with van der Waals surface area (Å²) in [5.41, 5.74) is 3.23. The summed E-state index contributed by atoms with van der Waals surface area (Å²) in [7, 11) is 0. The Morgan fingerprint density at radius 3 is 2.85 bits per heavy atom. The standard InChI is InChI=1S/C23H20N6O2S2/c30-22-19-17-9-5-2-6-11-28(17)23(25-20(19)26-29(22)16-7-3-1-4-8-16)33-14-18-24-21(31-27-18)15-10-12-32-13-15/h1,3-4,7-8,10,12-13H,2,5-6,9,11,14H2. The van der Waals surface area contributed by atoms with Crippen molar-refractivity contribution in [3.05, 3.63) is 69.0 Å². The molecule has 3 aliphatic rings. The van der Waals surface area contributed by atoms with Gasteiger partial charge in [0.2, 0.25) is 0 Å². The molecule has 2 aromatic heterocycles. The summed E-state index contributed by atoms with van der Waals surface area (Å²) in [6.07, 6.45) is 4.08. The molecular formula is C23H20N6O2S2. The van der Waals surface area contributed by atoms with Gasteiger partial charge < -0.3 is 9.09 Å². The maximum atomic E-state index is 13.3. The van der Waals surface area contributed by atoms with E-state index >= 15 is 0 Å². The second-order valence-corrected chi connectivity index (χ2v) is 9.59. The van der Waals surface area contributed by atoms with Crippen LogP contribution in [0.25, 0.3) is 28.5 Å². The van der Waals surface area contributed by atoms with Crippen LogP contribution in [-0.2, 0) is 18.7 Å². The number of hydrogen-bond donors (Lipinski definition) is 0. The second kappa shape index (κ2) is 8.60. The van der Waals surface area contributed by atoms with Crippen LogP contribution in [0.5, 0.6) is 0 Å². The van der Waals surface area contributed by atoms with Crippen LogP contribution in [0, 0.1) is 0 Å². The van der Waals surface area contributed by atoms with E-state index in [1.807, 2.05) is 47.2 Å². The van der Waals surface area contributed by atoms with E-state index in [0.717, 1.165) is 54.3 Å². The summed E-state index contributed by atoms with van der Waals surface area (Å²) in [5.74, 6) is 2.16. The van der Waals surface area contributed by atoms with Gasteiger partial charge in [-0.3, -0.25) is 4.79 Å². The van der Waals surface area contributed by atoms with Gasteiger partial charge in [0.25, 0.3) is 11.4 Å². The van der Waals surface area contributed by atoms with E-state index in [0.29, 0.717) is 28.9 Å². The van der Waals surface area contributed by atoms with Crippen LogP contribution in [0.1, 0.15) is 30.8 Å². The molecule has 0 bridgehead atoms. The first-order valence-electron chi connectivity index (χ1n) is 10.8. The van der Waals surface area contributed by atoms with E-state index in [1.54, 1.807) is 23.1 Å². The van der Waals surface area contributed by atoms with Crippen molar-refractivity contribution in [2.24, 2.45) is 0 Å². The number of hydrogen-bond acceptors (Lipinski definition) is 8. The maximum Gasteiger partial charge on any atom is 0.284 e. The van der Waals surface area contributed by atoms with E-state index in [-0.39, 0.29) is 5.56 Å². The molecule has 3 aromatic rings. The number of thioether (sulfide) groups is 1. The lowest BCUT2D eigenvalue weighted by molar-refractivity contribution is 0.425. The highest BCUT2D eigenvalue weighted by Gasteiger charge is 2.27. The van der Waals surface area contributed by atoms with E-state index < -0.39 is 0 Å². The third kappa shape index (κ3) is 3.79. The zero-order chi connectivity index (χ0) is 22.2. The summed E-state index contributed by atoms with van der Waals surface area (Å²) in [4.78, 5) is 22.7. The predicted molar refractivity (Wildman–Crippen MR) is 127 cm³/mol. The molecule has 3 aliphatic heterocycles. The van der Waals surface area contributed by atoms with Crippen molar-refractivity contribution in [1.29, 1.82) is 0 Å². The first kappa shape index (κ1) is 20.4. The molecular weight excluding hydrogens is 456 g/mol. The van der Waals surface area contributed by atoms with Crippen LogP contribution in [0.3, 0.4) is 0 Å². The number of aromatic nitrogens is 6. The molecule has 166 valence electrons. The number of thiophene rings is 1. The van der Waals surface area contributed by atoms with Crippen LogP contribution in [-0.4, -0.2) is 29.5 Å². The zero-order valence-electron chi connectivity index (χ0n) is 17.7. The quantitative estimate of drug-likeness (QED) is 0.269. The van der Waals surface area contributed by atoms with E-state index in [2.05, 4.69) is 19.8 Å². The van der Waals surface area contributed by atoms with Crippen molar-refractivity contribution in [3.63, 3.8) is 0 Å². The fraction of sp³-hybridized carbons (Fsp3) is 0.261. The molecule has 0 radical (unpaired) electrons. The molecule has 8 nitrogen and oxygen atoms in total. The van der Waals surface area contributed by atoms with Crippen molar-refractivity contribution in [1.82, 2.24) is 29.5 Å². The lowest BCUT2D eigenvalue weighted by atomic mass is 10.1. The third-order valence-electron chi connectivity index (χ3n) is 5.73. The van der Waals surface area contributed by atoms with Crippen molar-refractivity contribution < 1.29 is 4.52 Å². The van der Waals surface area contributed by atoms with Crippen LogP contribution >= 0.6 is 23.1 Å². The van der Waals surface area contributed by atoms with Crippen LogP contribution < -0.4 is 5.56 Å². The Morgan fingerprint density at radius 1 is 1.09 bits per heavy atom. The largest absolute Gasteiger partial charge is 0.334 e. The lowest BCUT2D eigenvalue weighted by Crippen LogP contribution is -2.19. The third-order valence-corrected chi connectivity index (χ3v) is 7.39. The minimum atomic E-state index is -0.107. The van der Waals surface area contributed by atoms with Gasteiger partial charge in [0.05, 0.1) is 17.0 Å². The summed E-state index contributed by atoms with van der Waals surface area (Å²) < 4.78 is 9.07. The van der Waals surface area contributed by atoms with Gasteiger partial charge in [0, 0.05) is 17.6 Å². The van der Waals surface area contributed by atoms with Gasteiger partial charge in [0.15, 0.2) is 16.8 Å². The number of nitrogens with zero attached hydrogens (tertiary/aromatic N) is 6. The van der Waals surface area contributed by atoms with Gasteiger partial charge in [-0.2, -0.15) is 21.0 Å².